The molecule has 1 aromatic carbocycles. The third-order valence-electron chi connectivity index (χ3n) is 3.03. The predicted molar refractivity (Wildman–Crippen MR) is 74.4 cm³/mol. The predicted octanol–water partition coefficient (Wildman–Crippen LogP) is 1.14. The minimum Gasteiger partial charge on any atom is -0.302 e. The first-order chi connectivity index (χ1) is 9.32. The van der Waals surface area contributed by atoms with Gasteiger partial charge in [0.15, 0.2) is 11.1 Å². The summed E-state index contributed by atoms with van der Waals surface area (Å²) in [6.07, 6.45) is 0. The number of carbonyl (C=O) groups is 1. The highest BCUT2D eigenvalue weighted by molar-refractivity contribution is 7.79. The van der Waals surface area contributed by atoms with Crippen LogP contribution in [0.15, 0.2) is 27.9 Å². The fourth-order valence-electron chi connectivity index (χ4n) is 2.05. The summed E-state index contributed by atoms with van der Waals surface area (Å²) in [5.74, 6) is -0.554. The molecule has 0 spiro atoms. The molecule has 1 aromatic heterocycles. The van der Waals surface area contributed by atoms with E-state index in [0.717, 1.165) is 5.56 Å². The number of nitrogens with one attached hydrogen (secondary N) is 1. The first-order valence-corrected chi connectivity index (χ1v) is 6.95. The first-order valence-electron chi connectivity index (χ1n) is 5.84. The monoisotopic (exact) mass is 294 g/mol. The van der Waals surface area contributed by atoms with Crippen molar-refractivity contribution in [1.82, 2.24) is 9.78 Å². The largest absolute Gasteiger partial charge is 0.302 e. The Labute approximate surface area is 117 Å². The van der Waals surface area contributed by atoms with E-state index in [-0.39, 0.29) is 16.0 Å². The van der Waals surface area contributed by atoms with Gasteiger partial charge < -0.3 is 4.55 Å². The van der Waals surface area contributed by atoms with Gasteiger partial charge in [-0.15, -0.1) is 0 Å². The van der Waals surface area contributed by atoms with Crippen molar-refractivity contribution >= 4 is 16.9 Å². The number of benzene rings is 1. The van der Waals surface area contributed by atoms with E-state index < -0.39 is 22.4 Å². The summed E-state index contributed by atoms with van der Waals surface area (Å²) in [5.41, 5.74) is 0.789. The normalized spacial score (nSPS) is 12.4. The number of aryl methyl sites for hydroxylation is 3. The summed E-state index contributed by atoms with van der Waals surface area (Å²) in [6.45, 7) is 3.36. The maximum Gasteiger partial charge on any atom is 0.277 e. The van der Waals surface area contributed by atoms with E-state index in [0.29, 0.717) is 5.69 Å². The van der Waals surface area contributed by atoms with Gasteiger partial charge in [-0.3, -0.25) is 19.4 Å². The topological polar surface area (TPSA) is 92.2 Å². The van der Waals surface area contributed by atoms with Crippen molar-refractivity contribution in [3.63, 3.8) is 0 Å². The number of nitrogens with zero attached hydrogens (tertiary/aromatic N) is 1. The van der Waals surface area contributed by atoms with Crippen molar-refractivity contribution in [1.29, 1.82) is 0 Å². The molecule has 0 saturated heterocycles. The molecule has 0 bridgehead atoms. The van der Waals surface area contributed by atoms with Gasteiger partial charge in [0.1, 0.15) is 5.56 Å². The van der Waals surface area contributed by atoms with Crippen molar-refractivity contribution in [2.75, 3.05) is 0 Å². The van der Waals surface area contributed by atoms with Crippen molar-refractivity contribution in [3.05, 3.63) is 50.9 Å². The van der Waals surface area contributed by atoms with Crippen LogP contribution in [0.25, 0.3) is 0 Å². The number of ketones is 1. The molecule has 2 aromatic rings. The second-order valence-electron chi connectivity index (χ2n) is 4.55. The molecule has 20 heavy (non-hydrogen) atoms. The fourth-order valence-corrected chi connectivity index (χ4v) is 2.69. The zero-order chi connectivity index (χ0) is 15.0. The summed E-state index contributed by atoms with van der Waals surface area (Å²) in [4.78, 5) is 24.4. The molecule has 1 unspecified atom stereocenters. The smallest absolute Gasteiger partial charge is 0.277 e. The van der Waals surface area contributed by atoms with Gasteiger partial charge in [0, 0.05) is 18.3 Å². The Kier molecular flexibility index (Phi) is 3.74. The molecule has 0 amide bonds. The van der Waals surface area contributed by atoms with Crippen LogP contribution in [0.4, 0.5) is 0 Å². The van der Waals surface area contributed by atoms with Crippen LogP contribution in [0.1, 0.15) is 27.2 Å². The second kappa shape index (κ2) is 5.18. The molecule has 1 heterocycles. The van der Waals surface area contributed by atoms with E-state index in [1.807, 2.05) is 0 Å². The Morgan fingerprint density at radius 3 is 2.50 bits per heavy atom. The van der Waals surface area contributed by atoms with Crippen LogP contribution in [0.2, 0.25) is 0 Å². The SMILES string of the molecule is Cc1ccc(C(=O)c2c(C)[nH]n(C)c2=O)c(S(=O)O)c1. The van der Waals surface area contributed by atoms with Crippen LogP contribution in [0.5, 0.6) is 0 Å². The number of aromatic amines is 1. The van der Waals surface area contributed by atoms with E-state index in [1.54, 1.807) is 19.9 Å². The lowest BCUT2D eigenvalue weighted by atomic mass is 10.0. The minimum atomic E-state index is -2.29. The molecule has 0 saturated carbocycles. The van der Waals surface area contributed by atoms with Gasteiger partial charge in [0.25, 0.3) is 5.56 Å². The van der Waals surface area contributed by atoms with Crippen molar-refractivity contribution in [3.8, 4) is 0 Å². The molecule has 0 aliphatic carbocycles. The first kappa shape index (κ1) is 14.4. The molecule has 0 aliphatic heterocycles. The molecule has 106 valence electrons. The maximum atomic E-state index is 12.5. The summed E-state index contributed by atoms with van der Waals surface area (Å²) in [5, 5.41) is 2.73. The lowest BCUT2D eigenvalue weighted by Gasteiger charge is -2.05. The summed E-state index contributed by atoms with van der Waals surface area (Å²) in [6, 6.07) is 4.60. The third kappa shape index (κ3) is 2.37. The summed E-state index contributed by atoms with van der Waals surface area (Å²) >= 11 is -2.29. The molecular formula is C13H14N2O4S. The van der Waals surface area contributed by atoms with Gasteiger partial charge in [-0.05, 0) is 31.5 Å². The van der Waals surface area contributed by atoms with Gasteiger partial charge in [-0.1, -0.05) is 6.07 Å². The molecule has 7 heteroatoms. The highest BCUT2D eigenvalue weighted by atomic mass is 32.2. The fraction of sp³-hybridized carbons (Fsp3) is 0.231. The van der Waals surface area contributed by atoms with Gasteiger partial charge in [-0.25, -0.2) is 4.21 Å². The lowest BCUT2D eigenvalue weighted by Crippen LogP contribution is -2.20. The Morgan fingerprint density at radius 1 is 1.35 bits per heavy atom. The summed E-state index contributed by atoms with van der Waals surface area (Å²) in [7, 11) is 1.51. The number of hydrogen-bond donors (Lipinski definition) is 2. The lowest BCUT2D eigenvalue weighted by molar-refractivity contribution is 0.103. The molecule has 2 rings (SSSR count). The van der Waals surface area contributed by atoms with E-state index in [2.05, 4.69) is 5.10 Å². The van der Waals surface area contributed by atoms with Gasteiger partial charge in [-0.2, -0.15) is 0 Å². The Morgan fingerprint density at radius 2 is 2.00 bits per heavy atom. The van der Waals surface area contributed by atoms with Crippen molar-refractivity contribution < 1.29 is 13.6 Å². The van der Waals surface area contributed by atoms with Crippen LogP contribution in [-0.2, 0) is 18.1 Å². The Hall–Kier alpha value is -1.99. The Bertz CT molecular complexity index is 773. The van der Waals surface area contributed by atoms with Crippen LogP contribution in [-0.4, -0.2) is 24.3 Å². The van der Waals surface area contributed by atoms with Crippen LogP contribution < -0.4 is 5.56 Å². The van der Waals surface area contributed by atoms with Gasteiger partial charge >= 0.3 is 0 Å². The van der Waals surface area contributed by atoms with E-state index in [9.17, 15) is 18.4 Å². The molecule has 6 nitrogen and oxygen atoms in total. The molecule has 0 fully saturated rings. The van der Waals surface area contributed by atoms with Gasteiger partial charge in [0.05, 0.1) is 4.90 Å². The number of hydrogen-bond acceptors (Lipinski definition) is 3. The molecule has 0 aliphatic rings. The van der Waals surface area contributed by atoms with Crippen LogP contribution in [0, 0.1) is 13.8 Å². The molecular weight excluding hydrogens is 280 g/mol. The molecule has 2 N–H and O–H groups in total. The Balaban J connectivity index is 2.66. The second-order valence-corrected chi connectivity index (χ2v) is 5.49. The zero-order valence-electron chi connectivity index (χ0n) is 11.3. The van der Waals surface area contributed by atoms with Crippen molar-refractivity contribution in [2.45, 2.75) is 18.7 Å². The molecule has 0 radical (unpaired) electrons. The molecule has 1 atom stereocenters. The highest BCUT2D eigenvalue weighted by Gasteiger charge is 2.23. The van der Waals surface area contributed by atoms with Gasteiger partial charge in [0.2, 0.25) is 5.78 Å². The minimum absolute atomic E-state index is 0.0111. The number of H-pyrrole nitrogens is 1. The average molecular weight is 294 g/mol. The zero-order valence-corrected chi connectivity index (χ0v) is 12.1. The van der Waals surface area contributed by atoms with E-state index >= 15 is 0 Å². The van der Waals surface area contributed by atoms with Crippen LogP contribution in [0.3, 0.4) is 0 Å². The van der Waals surface area contributed by atoms with E-state index in [4.69, 9.17) is 0 Å². The maximum absolute atomic E-state index is 12.5. The van der Waals surface area contributed by atoms with Crippen LogP contribution >= 0.6 is 0 Å². The average Bonchev–Trinajstić information content (AvgIpc) is 2.62. The number of aromatic nitrogens is 2. The standard InChI is InChI=1S/C13H14N2O4S/c1-7-4-5-9(10(6-7)20(18)19)12(16)11-8(2)14-15(3)13(11)17/h4-6,14H,1-3H3,(H,18,19). The van der Waals surface area contributed by atoms with Crippen molar-refractivity contribution in [2.24, 2.45) is 7.05 Å². The number of rotatable bonds is 3. The third-order valence-corrected chi connectivity index (χ3v) is 3.74. The van der Waals surface area contributed by atoms with E-state index in [1.165, 1.54) is 23.9 Å². The quantitative estimate of drug-likeness (QED) is 0.656. The summed E-state index contributed by atoms with van der Waals surface area (Å²) < 4.78 is 21.9. The number of carbonyl (C=O) groups excluding carboxylic acids is 1. The highest BCUT2D eigenvalue weighted by Crippen LogP contribution is 2.19.